The van der Waals surface area contributed by atoms with Crippen LogP contribution in [0.5, 0.6) is 11.5 Å². The van der Waals surface area contributed by atoms with Crippen molar-refractivity contribution in [3.63, 3.8) is 0 Å². The van der Waals surface area contributed by atoms with E-state index in [9.17, 15) is 14.7 Å². The van der Waals surface area contributed by atoms with Crippen LogP contribution in [-0.2, 0) is 11.2 Å². The van der Waals surface area contributed by atoms with E-state index in [-0.39, 0.29) is 29.9 Å². The maximum absolute atomic E-state index is 13.1. The molecule has 28 heavy (non-hydrogen) atoms. The van der Waals surface area contributed by atoms with Crippen molar-refractivity contribution < 1.29 is 24.2 Å². The van der Waals surface area contributed by atoms with E-state index >= 15 is 0 Å². The summed E-state index contributed by atoms with van der Waals surface area (Å²) in [5.74, 6) is 0.123. The third-order valence-corrected chi connectivity index (χ3v) is 4.89. The van der Waals surface area contributed by atoms with Crippen LogP contribution in [0.2, 0.25) is 0 Å². The van der Waals surface area contributed by atoms with Crippen LogP contribution in [0.1, 0.15) is 39.3 Å². The Bertz CT molecular complexity index is 839. The fourth-order valence-corrected chi connectivity index (χ4v) is 3.42. The van der Waals surface area contributed by atoms with Crippen LogP contribution >= 0.6 is 0 Å². The van der Waals surface area contributed by atoms with Crippen LogP contribution in [0.25, 0.3) is 0 Å². The van der Waals surface area contributed by atoms with E-state index in [4.69, 9.17) is 9.47 Å². The SMILES string of the molecule is COCCc1ncccc1C(=O)N1CCC[C@H]1COc1cccc(O)c1C=O. The largest absolute Gasteiger partial charge is 0.507 e. The monoisotopic (exact) mass is 384 g/mol. The average molecular weight is 384 g/mol. The second-order valence-electron chi connectivity index (χ2n) is 6.65. The van der Waals surface area contributed by atoms with E-state index in [1.165, 1.54) is 6.07 Å². The Kier molecular flexibility index (Phi) is 6.60. The smallest absolute Gasteiger partial charge is 0.256 e. The van der Waals surface area contributed by atoms with Gasteiger partial charge < -0.3 is 19.5 Å². The number of benzene rings is 1. The minimum atomic E-state index is -0.120. The number of carbonyl (C=O) groups is 2. The number of carbonyl (C=O) groups excluding carboxylic acids is 2. The maximum atomic E-state index is 13.1. The number of phenols is 1. The van der Waals surface area contributed by atoms with E-state index < -0.39 is 0 Å². The zero-order valence-corrected chi connectivity index (χ0v) is 15.8. The Hall–Kier alpha value is -2.93. The van der Waals surface area contributed by atoms with E-state index in [0.717, 1.165) is 18.5 Å². The molecule has 1 N–H and O–H groups in total. The van der Waals surface area contributed by atoms with Gasteiger partial charge in [0.15, 0.2) is 6.29 Å². The predicted molar refractivity (Wildman–Crippen MR) is 103 cm³/mol. The van der Waals surface area contributed by atoms with Gasteiger partial charge in [0.05, 0.1) is 29.5 Å². The molecule has 7 heteroatoms. The van der Waals surface area contributed by atoms with Crippen LogP contribution in [0.4, 0.5) is 0 Å². The highest BCUT2D eigenvalue weighted by atomic mass is 16.5. The van der Waals surface area contributed by atoms with Crippen molar-refractivity contribution in [3.05, 3.63) is 53.3 Å². The van der Waals surface area contributed by atoms with Crippen molar-refractivity contribution in [1.29, 1.82) is 0 Å². The molecule has 1 aliphatic heterocycles. The lowest BCUT2D eigenvalue weighted by Gasteiger charge is -2.26. The molecule has 3 rings (SSSR count). The molecule has 1 atom stereocenters. The highest BCUT2D eigenvalue weighted by Crippen LogP contribution is 2.27. The minimum absolute atomic E-state index is 0.0724. The summed E-state index contributed by atoms with van der Waals surface area (Å²) in [4.78, 5) is 30.5. The fraction of sp³-hybridized carbons (Fsp3) is 0.381. The van der Waals surface area contributed by atoms with Gasteiger partial charge in [-0.15, -0.1) is 0 Å². The van der Waals surface area contributed by atoms with Crippen molar-refractivity contribution in [1.82, 2.24) is 9.88 Å². The number of nitrogens with zero attached hydrogens (tertiary/aromatic N) is 2. The first kappa shape index (κ1) is 19.8. The number of hydrogen-bond acceptors (Lipinski definition) is 6. The van der Waals surface area contributed by atoms with Gasteiger partial charge in [0, 0.05) is 26.3 Å². The van der Waals surface area contributed by atoms with Gasteiger partial charge >= 0.3 is 0 Å². The van der Waals surface area contributed by atoms with Crippen molar-refractivity contribution in [2.45, 2.75) is 25.3 Å². The van der Waals surface area contributed by atoms with Crippen molar-refractivity contribution in [3.8, 4) is 11.5 Å². The molecule has 1 aromatic heterocycles. The zero-order chi connectivity index (χ0) is 19.9. The van der Waals surface area contributed by atoms with E-state index in [2.05, 4.69) is 4.98 Å². The molecule has 148 valence electrons. The molecule has 2 aromatic rings. The Morgan fingerprint density at radius 3 is 3.00 bits per heavy atom. The highest BCUT2D eigenvalue weighted by Gasteiger charge is 2.31. The minimum Gasteiger partial charge on any atom is -0.507 e. The number of hydrogen-bond donors (Lipinski definition) is 1. The molecule has 1 amide bonds. The number of ether oxygens (including phenoxy) is 2. The molecule has 0 unspecified atom stereocenters. The first-order valence-electron chi connectivity index (χ1n) is 9.29. The van der Waals surface area contributed by atoms with Gasteiger partial charge in [0.25, 0.3) is 5.91 Å². The standard InChI is InChI=1S/C21H24N2O5/c1-27-12-9-18-16(6-3-10-22-18)21(26)23-11-4-5-15(23)14-28-20-8-2-7-19(25)17(20)13-24/h2-3,6-8,10,13,15,25H,4-5,9,11-12,14H2,1H3/t15-/m0/s1. The zero-order valence-electron chi connectivity index (χ0n) is 15.8. The van der Waals surface area contributed by atoms with Crippen LogP contribution < -0.4 is 4.74 Å². The summed E-state index contributed by atoms with van der Waals surface area (Å²) in [5.41, 5.74) is 1.42. The molecular formula is C21H24N2O5. The summed E-state index contributed by atoms with van der Waals surface area (Å²) in [6.07, 6.45) is 4.51. The van der Waals surface area contributed by atoms with Gasteiger partial charge in [-0.1, -0.05) is 6.07 Å². The quantitative estimate of drug-likeness (QED) is 0.704. The molecule has 7 nitrogen and oxygen atoms in total. The van der Waals surface area contributed by atoms with Gasteiger partial charge in [-0.05, 0) is 37.1 Å². The number of phenolic OH excluding ortho intramolecular Hbond substituents is 1. The summed E-state index contributed by atoms with van der Waals surface area (Å²) >= 11 is 0. The molecule has 2 heterocycles. The molecule has 1 saturated heterocycles. The number of pyridine rings is 1. The third kappa shape index (κ3) is 4.31. The first-order valence-corrected chi connectivity index (χ1v) is 9.29. The Balaban J connectivity index is 1.72. The first-order chi connectivity index (χ1) is 13.7. The van der Waals surface area contributed by atoms with Gasteiger partial charge in [-0.2, -0.15) is 0 Å². The van der Waals surface area contributed by atoms with Crippen LogP contribution in [0.15, 0.2) is 36.5 Å². The summed E-state index contributed by atoms with van der Waals surface area (Å²) < 4.78 is 10.9. The average Bonchev–Trinajstić information content (AvgIpc) is 3.19. The van der Waals surface area contributed by atoms with E-state index in [0.29, 0.717) is 37.2 Å². The molecule has 0 saturated carbocycles. The highest BCUT2D eigenvalue weighted by molar-refractivity contribution is 5.95. The lowest BCUT2D eigenvalue weighted by atomic mass is 10.1. The molecule has 0 spiro atoms. The molecule has 1 aliphatic rings. The molecule has 0 radical (unpaired) electrons. The lowest BCUT2D eigenvalue weighted by Crippen LogP contribution is -2.39. The summed E-state index contributed by atoms with van der Waals surface area (Å²) in [6, 6.07) is 8.13. The molecule has 1 aromatic carbocycles. The number of aromatic nitrogens is 1. The summed E-state index contributed by atoms with van der Waals surface area (Å²) in [6.45, 7) is 1.39. The normalized spacial score (nSPS) is 16.2. The van der Waals surface area contributed by atoms with Crippen LogP contribution in [0, 0.1) is 0 Å². The van der Waals surface area contributed by atoms with Crippen LogP contribution in [-0.4, -0.2) is 60.1 Å². The van der Waals surface area contributed by atoms with E-state index in [1.54, 1.807) is 42.5 Å². The molecule has 0 bridgehead atoms. The third-order valence-electron chi connectivity index (χ3n) is 4.89. The fourth-order valence-electron chi connectivity index (χ4n) is 3.42. The topological polar surface area (TPSA) is 89.0 Å². The van der Waals surface area contributed by atoms with Crippen LogP contribution in [0.3, 0.4) is 0 Å². The Morgan fingerprint density at radius 1 is 1.36 bits per heavy atom. The molecule has 0 aliphatic carbocycles. The summed E-state index contributed by atoms with van der Waals surface area (Å²) in [7, 11) is 1.62. The number of likely N-dealkylation sites (tertiary alicyclic amines) is 1. The summed E-state index contributed by atoms with van der Waals surface area (Å²) in [5, 5.41) is 9.78. The Labute approximate surface area is 163 Å². The van der Waals surface area contributed by atoms with Gasteiger partial charge in [-0.3, -0.25) is 14.6 Å². The number of aldehydes is 1. The van der Waals surface area contributed by atoms with Crippen molar-refractivity contribution >= 4 is 12.2 Å². The van der Waals surface area contributed by atoms with Gasteiger partial charge in [0.2, 0.25) is 0 Å². The van der Waals surface area contributed by atoms with Crippen molar-refractivity contribution in [2.24, 2.45) is 0 Å². The maximum Gasteiger partial charge on any atom is 0.256 e. The number of amides is 1. The lowest BCUT2D eigenvalue weighted by molar-refractivity contribution is 0.0688. The second kappa shape index (κ2) is 9.32. The number of rotatable bonds is 8. The predicted octanol–water partition coefficient (Wildman–Crippen LogP) is 2.47. The number of methoxy groups -OCH3 is 1. The van der Waals surface area contributed by atoms with Gasteiger partial charge in [-0.25, -0.2) is 0 Å². The Morgan fingerprint density at radius 2 is 2.21 bits per heavy atom. The second-order valence-corrected chi connectivity index (χ2v) is 6.65. The van der Waals surface area contributed by atoms with E-state index in [1.807, 2.05) is 0 Å². The van der Waals surface area contributed by atoms with Gasteiger partial charge in [0.1, 0.15) is 18.1 Å². The van der Waals surface area contributed by atoms with Crippen molar-refractivity contribution in [2.75, 3.05) is 26.9 Å². The molecular weight excluding hydrogens is 360 g/mol. The number of aromatic hydroxyl groups is 1. The molecule has 1 fully saturated rings.